The first-order valence-corrected chi connectivity index (χ1v) is 8.44. The second kappa shape index (κ2) is 7.28. The first-order valence-electron chi connectivity index (χ1n) is 7.63. The summed E-state index contributed by atoms with van der Waals surface area (Å²) < 4.78 is 0. The Hall–Kier alpha value is -2.65. The van der Waals surface area contributed by atoms with Crippen LogP contribution in [0.25, 0.3) is 0 Å². The Kier molecular flexibility index (Phi) is 4.92. The molecule has 0 aromatic heterocycles. The fourth-order valence-corrected chi connectivity index (χ4v) is 3.17. The van der Waals surface area contributed by atoms with Gasteiger partial charge in [-0.25, -0.2) is 0 Å². The molecule has 0 atom stereocenters. The quantitative estimate of drug-likeness (QED) is 0.489. The van der Waals surface area contributed by atoms with Gasteiger partial charge in [0.2, 0.25) is 5.12 Å². The van der Waals surface area contributed by atoms with E-state index in [1.54, 1.807) is 36.4 Å². The third kappa shape index (κ3) is 3.63. The summed E-state index contributed by atoms with van der Waals surface area (Å²) in [5, 5.41) is -0.128. The van der Waals surface area contributed by atoms with Crippen LogP contribution in [0, 0.1) is 6.92 Å². The molecule has 0 aliphatic rings. The Morgan fingerprint density at radius 3 is 1.96 bits per heavy atom. The molecule has 0 saturated heterocycles. The van der Waals surface area contributed by atoms with Crippen LogP contribution >= 0.6 is 11.8 Å². The lowest BCUT2D eigenvalue weighted by Gasteiger charge is -2.08. The summed E-state index contributed by atoms with van der Waals surface area (Å²) in [4.78, 5) is 26.3. The van der Waals surface area contributed by atoms with Crippen LogP contribution in [0.3, 0.4) is 0 Å². The summed E-state index contributed by atoms with van der Waals surface area (Å²) in [5.41, 5.74) is 2.56. The second-order valence-corrected chi connectivity index (χ2v) is 6.49. The molecule has 0 aliphatic carbocycles. The highest BCUT2D eigenvalue weighted by atomic mass is 32.2. The molecule has 0 fully saturated rings. The van der Waals surface area contributed by atoms with Gasteiger partial charge in [-0.3, -0.25) is 9.59 Å². The highest BCUT2D eigenvalue weighted by Gasteiger charge is 2.18. The summed E-state index contributed by atoms with van der Waals surface area (Å²) in [5.74, 6) is -0.132. The van der Waals surface area contributed by atoms with Gasteiger partial charge in [0.15, 0.2) is 5.78 Å². The molecule has 0 heterocycles. The molecule has 0 bridgehead atoms. The standard InChI is InChI=1S/C21H16O2S/c1-15-11-13-16(14-12-15)20(22)18-9-5-6-10-19(18)21(23)24-17-7-3-2-4-8-17/h2-14H,1H3. The van der Waals surface area contributed by atoms with Crippen LogP contribution in [-0.2, 0) is 0 Å². The maximum absolute atomic E-state index is 12.8. The molecule has 0 aliphatic heterocycles. The molecule has 3 rings (SSSR count). The number of benzene rings is 3. The average Bonchev–Trinajstić information content (AvgIpc) is 2.62. The van der Waals surface area contributed by atoms with Gasteiger partial charge in [-0.2, -0.15) is 0 Å². The molecule has 3 aromatic carbocycles. The SMILES string of the molecule is Cc1ccc(C(=O)c2ccccc2C(=O)Sc2ccccc2)cc1. The number of carbonyl (C=O) groups is 2. The molecule has 24 heavy (non-hydrogen) atoms. The largest absolute Gasteiger partial charge is 0.289 e. The van der Waals surface area contributed by atoms with Gasteiger partial charge in [-0.1, -0.05) is 66.2 Å². The lowest BCUT2D eigenvalue weighted by molar-refractivity contribution is 0.102. The fraction of sp³-hybridized carbons (Fsp3) is 0.0476. The van der Waals surface area contributed by atoms with E-state index in [9.17, 15) is 9.59 Å². The first kappa shape index (κ1) is 16.2. The van der Waals surface area contributed by atoms with Crippen molar-refractivity contribution in [3.05, 3.63) is 101 Å². The Morgan fingerprint density at radius 1 is 0.708 bits per heavy atom. The average molecular weight is 332 g/mol. The second-order valence-electron chi connectivity index (χ2n) is 5.44. The van der Waals surface area contributed by atoms with Crippen LogP contribution in [0.15, 0.2) is 83.8 Å². The van der Waals surface area contributed by atoms with Gasteiger partial charge < -0.3 is 0 Å². The van der Waals surface area contributed by atoms with E-state index >= 15 is 0 Å². The van der Waals surface area contributed by atoms with E-state index in [0.717, 1.165) is 22.2 Å². The van der Waals surface area contributed by atoms with Gasteiger partial charge in [0.1, 0.15) is 0 Å². The number of thioether (sulfide) groups is 1. The van der Waals surface area contributed by atoms with Crippen LogP contribution in [0.5, 0.6) is 0 Å². The molecule has 0 saturated carbocycles. The zero-order valence-electron chi connectivity index (χ0n) is 13.2. The maximum atomic E-state index is 12.8. The van der Waals surface area contributed by atoms with Crippen molar-refractivity contribution in [2.75, 3.05) is 0 Å². The van der Waals surface area contributed by atoms with Gasteiger partial charge in [0, 0.05) is 21.6 Å². The zero-order chi connectivity index (χ0) is 16.9. The molecule has 0 N–H and O–H groups in total. The minimum absolute atomic E-state index is 0.128. The van der Waals surface area contributed by atoms with Gasteiger partial charge in [-0.05, 0) is 36.9 Å². The molecule has 3 heteroatoms. The predicted molar refractivity (Wildman–Crippen MR) is 97.7 cm³/mol. The van der Waals surface area contributed by atoms with Crippen molar-refractivity contribution in [1.82, 2.24) is 0 Å². The van der Waals surface area contributed by atoms with E-state index in [2.05, 4.69) is 0 Å². The van der Waals surface area contributed by atoms with E-state index in [1.807, 2.05) is 49.4 Å². The van der Waals surface area contributed by atoms with Crippen molar-refractivity contribution in [2.24, 2.45) is 0 Å². The predicted octanol–water partition coefficient (Wildman–Crippen LogP) is 5.16. The Balaban J connectivity index is 1.91. The van der Waals surface area contributed by atoms with Crippen molar-refractivity contribution in [1.29, 1.82) is 0 Å². The summed E-state index contributed by atoms with van der Waals surface area (Å²) >= 11 is 1.13. The molecule has 3 aromatic rings. The van der Waals surface area contributed by atoms with Crippen molar-refractivity contribution < 1.29 is 9.59 Å². The Morgan fingerprint density at radius 2 is 1.29 bits per heavy atom. The smallest absolute Gasteiger partial charge is 0.224 e. The minimum atomic E-state index is -0.132. The maximum Gasteiger partial charge on any atom is 0.224 e. The van der Waals surface area contributed by atoms with Crippen LogP contribution in [0.4, 0.5) is 0 Å². The van der Waals surface area contributed by atoms with E-state index in [4.69, 9.17) is 0 Å². The molecule has 0 amide bonds. The molecule has 0 unspecified atom stereocenters. The number of carbonyl (C=O) groups excluding carboxylic acids is 2. The lowest BCUT2D eigenvalue weighted by Crippen LogP contribution is -2.08. The van der Waals surface area contributed by atoms with Crippen LogP contribution < -0.4 is 0 Å². The van der Waals surface area contributed by atoms with Crippen molar-refractivity contribution in [2.45, 2.75) is 11.8 Å². The number of rotatable bonds is 4. The highest BCUT2D eigenvalue weighted by Crippen LogP contribution is 2.25. The summed E-state index contributed by atoms with van der Waals surface area (Å²) in [6.45, 7) is 1.97. The number of hydrogen-bond donors (Lipinski definition) is 0. The number of aryl methyl sites for hydroxylation is 1. The number of hydrogen-bond acceptors (Lipinski definition) is 3. The van der Waals surface area contributed by atoms with Crippen molar-refractivity contribution in [3.8, 4) is 0 Å². The molecule has 0 spiro atoms. The van der Waals surface area contributed by atoms with Gasteiger partial charge >= 0.3 is 0 Å². The van der Waals surface area contributed by atoms with E-state index in [-0.39, 0.29) is 10.9 Å². The fourth-order valence-electron chi connectivity index (χ4n) is 2.37. The molecular formula is C21H16O2S. The summed E-state index contributed by atoms with van der Waals surface area (Å²) in [6, 6.07) is 23.8. The zero-order valence-corrected chi connectivity index (χ0v) is 14.0. The molecule has 118 valence electrons. The van der Waals surface area contributed by atoms with Crippen LogP contribution in [0.1, 0.15) is 31.8 Å². The molecule has 0 radical (unpaired) electrons. The van der Waals surface area contributed by atoms with Crippen molar-refractivity contribution in [3.63, 3.8) is 0 Å². The Bertz CT molecular complexity index is 868. The third-order valence-corrected chi connectivity index (χ3v) is 4.57. The van der Waals surface area contributed by atoms with Crippen molar-refractivity contribution >= 4 is 22.7 Å². The van der Waals surface area contributed by atoms with Gasteiger partial charge in [0.05, 0.1) is 0 Å². The third-order valence-electron chi connectivity index (χ3n) is 3.66. The summed E-state index contributed by atoms with van der Waals surface area (Å²) in [7, 11) is 0. The topological polar surface area (TPSA) is 34.1 Å². The lowest BCUT2D eigenvalue weighted by atomic mass is 9.98. The first-order chi connectivity index (χ1) is 11.6. The molecular weight excluding hydrogens is 316 g/mol. The monoisotopic (exact) mass is 332 g/mol. The summed E-state index contributed by atoms with van der Waals surface area (Å²) in [6.07, 6.45) is 0. The van der Waals surface area contributed by atoms with E-state index in [0.29, 0.717) is 16.7 Å². The van der Waals surface area contributed by atoms with Gasteiger partial charge in [0.25, 0.3) is 0 Å². The van der Waals surface area contributed by atoms with E-state index in [1.165, 1.54) is 0 Å². The van der Waals surface area contributed by atoms with E-state index < -0.39 is 0 Å². The van der Waals surface area contributed by atoms with Crippen LogP contribution in [0.2, 0.25) is 0 Å². The Labute approximate surface area is 145 Å². The number of ketones is 1. The minimum Gasteiger partial charge on any atom is -0.289 e. The molecule has 2 nitrogen and oxygen atoms in total. The van der Waals surface area contributed by atoms with Gasteiger partial charge in [-0.15, -0.1) is 0 Å². The normalized spacial score (nSPS) is 10.4. The highest BCUT2D eigenvalue weighted by molar-refractivity contribution is 8.14. The van der Waals surface area contributed by atoms with Crippen LogP contribution in [-0.4, -0.2) is 10.9 Å².